The first kappa shape index (κ1) is 9.66. The van der Waals surface area contributed by atoms with Gasteiger partial charge in [0.2, 0.25) is 5.78 Å². The molecule has 1 heterocycles. The molecule has 16 heavy (non-hydrogen) atoms. The van der Waals surface area contributed by atoms with Crippen molar-refractivity contribution in [1.82, 2.24) is 4.98 Å². The number of hydrogen-bond acceptors (Lipinski definition) is 3. The van der Waals surface area contributed by atoms with Gasteiger partial charge in [-0.1, -0.05) is 12.1 Å². The fourth-order valence-electron chi connectivity index (χ4n) is 2.03. The van der Waals surface area contributed by atoms with E-state index in [9.17, 15) is 9.18 Å². The van der Waals surface area contributed by atoms with E-state index < -0.39 is 5.82 Å². The zero-order valence-corrected chi connectivity index (χ0v) is 9.18. The second-order valence-electron chi connectivity index (χ2n) is 3.73. The Kier molecular flexibility index (Phi) is 2.11. The van der Waals surface area contributed by atoms with E-state index in [-0.39, 0.29) is 11.3 Å². The van der Waals surface area contributed by atoms with Crippen molar-refractivity contribution >= 4 is 17.1 Å². The molecular weight excluding hydrogens is 225 g/mol. The molecule has 2 nitrogen and oxygen atoms in total. The van der Waals surface area contributed by atoms with Crippen molar-refractivity contribution in [3.63, 3.8) is 0 Å². The van der Waals surface area contributed by atoms with Crippen LogP contribution >= 0.6 is 11.3 Å². The summed E-state index contributed by atoms with van der Waals surface area (Å²) in [6.07, 6.45) is 1.39. The number of thiazole rings is 1. The highest BCUT2D eigenvalue weighted by Gasteiger charge is 2.25. The van der Waals surface area contributed by atoms with Crippen molar-refractivity contribution in [1.29, 1.82) is 0 Å². The van der Waals surface area contributed by atoms with Gasteiger partial charge >= 0.3 is 0 Å². The van der Waals surface area contributed by atoms with Crippen LogP contribution in [0.25, 0.3) is 0 Å². The SMILES string of the molecule is O=C1c2scnc2CCc2cccc(F)c21. The fourth-order valence-corrected chi connectivity index (χ4v) is 2.82. The van der Waals surface area contributed by atoms with Crippen molar-refractivity contribution in [3.8, 4) is 0 Å². The molecular formula is C12H8FNOS. The molecule has 1 aliphatic carbocycles. The molecule has 0 fully saturated rings. The molecule has 4 heteroatoms. The molecule has 1 aromatic carbocycles. The lowest BCUT2D eigenvalue weighted by atomic mass is 10.0. The Balaban J connectivity index is 2.26. The predicted molar refractivity (Wildman–Crippen MR) is 59.4 cm³/mol. The van der Waals surface area contributed by atoms with Crippen molar-refractivity contribution in [3.05, 3.63) is 51.2 Å². The summed E-state index contributed by atoms with van der Waals surface area (Å²) < 4.78 is 13.7. The number of carbonyl (C=O) groups is 1. The summed E-state index contributed by atoms with van der Waals surface area (Å²) in [7, 11) is 0. The lowest BCUT2D eigenvalue weighted by Gasteiger charge is -2.04. The number of nitrogens with zero attached hydrogens (tertiary/aromatic N) is 1. The van der Waals surface area contributed by atoms with Crippen molar-refractivity contribution in [2.45, 2.75) is 12.8 Å². The Morgan fingerprint density at radius 1 is 1.31 bits per heavy atom. The monoisotopic (exact) mass is 233 g/mol. The number of carbonyl (C=O) groups excluding carboxylic acids is 1. The topological polar surface area (TPSA) is 30.0 Å². The average molecular weight is 233 g/mol. The molecule has 3 rings (SSSR count). The average Bonchev–Trinajstić information content (AvgIpc) is 2.69. The highest BCUT2D eigenvalue weighted by molar-refractivity contribution is 7.12. The van der Waals surface area contributed by atoms with Gasteiger partial charge in [0.05, 0.1) is 21.6 Å². The van der Waals surface area contributed by atoms with Crippen LogP contribution in [-0.4, -0.2) is 10.8 Å². The number of rotatable bonds is 0. The molecule has 0 amide bonds. The fraction of sp³-hybridized carbons (Fsp3) is 0.167. The maximum Gasteiger partial charge on any atom is 0.208 e. The minimum Gasteiger partial charge on any atom is -0.287 e. The van der Waals surface area contributed by atoms with Crippen molar-refractivity contribution in [2.24, 2.45) is 0 Å². The summed E-state index contributed by atoms with van der Waals surface area (Å²) in [5, 5.41) is 0. The van der Waals surface area contributed by atoms with Crippen LogP contribution < -0.4 is 0 Å². The molecule has 0 bridgehead atoms. The van der Waals surface area contributed by atoms with E-state index in [1.807, 2.05) is 6.07 Å². The van der Waals surface area contributed by atoms with Gasteiger partial charge in [0.1, 0.15) is 5.82 Å². The van der Waals surface area contributed by atoms with Crippen molar-refractivity contribution < 1.29 is 9.18 Å². The van der Waals surface area contributed by atoms with Gasteiger partial charge < -0.3 is 0 Å². The normalized spacial score (nSPS) is 14.2. The zero-order chi connectivity index (χ0) is 11.1. The molecule has 0 saturated heterocycles. The maximum atomic E-state index is 13.7. The minimum atomic E-state index is -0.427. The van der Waals surface area contributed by atoms with Crippen LogP contribution in [0.3, 0.4) is 0 Å². The van der Waals surface area contributed by atoms with Crippen LogP contribution in [0.4, 0.5) is 4.39 Å². The second-order valence-corrected chi connectivity index (χ2v) is 4.59. The molecule has 80 valence electrons. The summed E-state index contributed by atoms with van der Waals surface area (Å²) >= 11 is 1.29. The van der Waals surface area contributed by atoms with Crippen LogP contribution in [0, 0.1) is 5.82 Å². The minimum absolute atomic E-state index is 0.219. The van der Waals surface area contributed by atoms with E-state index >= 15 is 0 Å². The Morgan fingerprint density at radius 3 is 3.06 bits per heavy atom. The number of fused-ring (bicyclic) bond motifs is 2. The molecule has 0 radical (unpaired) electrons. The van der Waals surface area contributed by atoms with E-state index in [4.69, 9.17) is 0 Å². The van der Waals surface area contributed by atoms with Crippen LogP contribution in [-0.2, 0) is 12.8 Å². The summed E-state index contributed by atoms with van der Waals surface area (Å²) in [6.45, 7) is 0. The highest BCUT2D eigenvalue weighted by atomic mass is 32.1. The number of ketones is 1. The van der Waals surface area contributed by atoms with Gasteiger partial charge in [0.25, 0.3) is 0 Å². The van der Waals surface area contributed by atoms with E-state index in [0.717, 1.165) is 11.3 Å². The lowest BCUT2D eigenvalue weighted by Crippen LogP contribution is -2.05. The number of aromatic nitrogens is 1. The zero-order valence-electron chi connectivity index (χ0n) is 8.37. The Labute approximate surface area is 95.8 Å². The van der Waals surface area contributed by atoms with Crippen LogP contribution in [0.2, 0.25) is 0 Å². The first-order valence-corrected chi connectivity index (χ1v) is 5.90. The second kappa shape index (κ2) is 3.49. The van der Waals surface area contributed by atoms with Crippen LogP contribution in [0.5, 0.6) is 0 Å². The standard InChI is InChI=1S/C12H8FNOS/c13-8-3-1-2-7-4-5-9-12(16-6-14-9)11(15)10(7)8/h1-3,6H,4-5H2. The van der Waals surface area contributed by atoms with E-state index in [1.54, 1.807) is 11.6 Å². The summed E-state index contributed by atoms with van der Waals surface area (Å²) in [4.78, 5) is 16.9. The molecule has 0 spiro atoms. The molecule has 0 saturated carbocycles. The number of hydrogen-bond donors (Lipinski definition) is 0. The Hall–Kier alpha value is -1.55. The number of aryl methyl sites for hydroxylation is 2. The summed E-state index contributed by atoms with van der Waals surface area (Å²) in [6, 6.07) is 4.80. The predicted octanol–water partition coefficient (Wildman–Crippen LogP) is 2.61. The number of benzene rings is 1. The Bertz CT molecular complexity index is 576. The molecule has 0 unspecified atom stereocenters. The Morgan fingerprint density at radius 2 is 2.19 bits per heavy atom. The van der Waals surface area contributed by atoms with Crippen LogP contribution in [0.1, 0.15) is 26.5 Å². The molecule has 0 atom stereocenters. The van der Waals surface area contributed by atoms with Gasteiger partial charge in [-0.3, -0.25) is 4.79 Å². The van der Waals surface area contributed by atoms with Gasteiger partial charge in [0, 0.05) is 0 Å². The first-order valence-electron chi connectivity index (χ1n) is 5.02. The summed E-state index contributed by atoms with van der Waals surface area (Å²) in [5.41, 5.74) is 3.46. The molecule has 0 N–H and O–H groups in total. The van der Waals surface area contributed by atoms with E-state index in [1.165, 1.54) is 17.4 Å². The quantitative estimate of drug-likeness (QED) is 0.700. The van der Waals surface area contributed by atoms with Gasteiger partial charge in [-0.15, -0.1) is 11.3 Å². The van der Waals surface area contributed by atoms with Gasteiger partial charge in [0.15, 0.2) is 0 Å². The molecule has 1 aromatic heterocycles. The third-order valence-electron chi connectivity index (χ3n) is 2.81. The number of halogens is 1. The summed E-state index contributed by atoms with van der Waals surface area (Å²) in [5.74, 6) is -0.646. The van der Waals surface area contributed by atoms with Gasteiger partial charge in [-0.05, 0) is 24.5 Å². The molecule has 1 aliphatic rings. The lowest BCUT2D eigenvalue weighted by molar-refractivity contribution is 0.103. The van der Waals surface area contributed by atoms with E-state index in [0.29, 0.717) is 17.7 Å². The molecule has 0 aliphatic heterocycles. The van der Waals surface area contributed by atoms with Gasteiger partial charge in [-0.25, -0.2) is 9.37 Å². The van der Waals surface area contributed by atoms with Gasteiger partial charge in [-0.2, -0.15) is 0 Å². The maximum absolute atomic E-state index is 13.7. The smallest absolute Gasteiger partial charge is 0.208 e. The third kappa shape index (κ3) is 1.30. The van der Waals surface area contributed by atoms with Crippen molar-refractivity contribution in [2.75, 3.05) is 0 Å². The molecule has 2 aromatic rings. The van der Waals surface area contributed by atoms with Crippen LogP contribution in [0.15, 0.2) is 23.7 Å². The third-order valence-corrected chi connectivity index (χ3v) is 3.67. The highest BCUT2D eigenvalue weighted by Crippen LogP contribution is 2.27. The van der Waals surface area contributed by atoms with E-state index in [2.05, 4.69) is 4.98 Å². The largest absolute Gasteiger partial charge is 0.287 e. The first-order chi connectivity index (χ1) is 7.77.